The Morgan fingerprint density at radius 3 is 2.52 bits per heavy atom. The number of aliphatic hydroxyl groups is 2. The van der Waals surface area contributed by atoms with Crippen molar-refractivity contribution in [2.45, 2.75) is 38.8 Å². The minimum absolute atomic E-state index is 0.0710. The molecule has 0 bridgehead atoms. The van der Waals surface area contributed by atoms with Gasteiger partial charge in [-0.05, 0) is 31.5 Å². The second-order valence-electron chi connectivity index (χ2n) is 5.02. The van der Waals surface area contributed by atoms with Crippen molar-refractivity contribution in [2.75, 3.05) is 18.5 Å². The molecule has 21 heavy (non-hydrogen) atoms. The van der Waals surface area contributed by atoms with E-state index in [4.69, 9.17) is 10.2 Å². The van der Waals surface area contributed by atoms with Crippen molar-refractivity contribution in [2.24, 2.45) is 0 Å². The van der Waals surface area contributed by atoms with Crippen molar-refractivity contribution in [1.29, 1.82) is 0 Å². The van der Waals surface area contributed by atoms with Gasteiger partial charge in [0.2, 0.25) is 5.91 Å². The van der Waals surface area contributed by atoms with Gasteiger partial charge in [-0.2, -0.15) is 0 Å². The van der Waals surface area contributed by atoms with Crippen LogP contribution in [0.25, 0.3) is 0 Å². The van der Waals surface area contributed by atoms with Gasteiger partial charge in [0.05, 0.1) is 19.3 Å². The van der Waals surface area contributed by atoms with Crippen molar-refractivity contribution in [3.8, 4) is 5.75 Å². The second kappa shape index (κ2) is 8.61. The smallest absolute Gasteiger partial charge is 0.224 e. The summed E-state index contributed by atoms with van der Waals surface area (Å²) in [5, 5.41) is 33.9. The highest BCUT2D eigenvalue weighted by molar-refractivity contribution is 5.90. The van der Waals surface area contributed by atoms with Crippen LogP contribution in [0.2, 0.25) is 0 Å². The number of benzene rings is 1. The van der Waals surface area contributed by atoms with Crippen LogP contribution in [0.3, 0.4) is 0 Å². The summed E-state index contributed by atoms with van der Waals surface area (Å²) in [6.45, 7) is 3.34. The first-order valence-corrected chi connectivity index (χ1v) is 7.12. The van der Waals surface area contributed by atoms with Gasteiger partial charge in [0.15, 0.2) is 0 Å². The molecule has 0 aliphatic carbocycles. The maximum atomic E-state index is 11.6. The lowest BCUT2D eigenvalue weighted by molar-refractivity contribution is -0.116. The molecule has 0 aromatic heterocycles. The topological polar surface area (TPSA) is 102 Å². The van der Waals surface area contributed by atoms with Crippen molar-refractivity contribution in [1.82, 2.24) is 5.32 Å². The fraction of sp³-hybridized carbons (Fsp3) is 0.533. The van der Waals surface area contributed by atoms with Crippen LogP contribution in [0.5, 0.6) is 5.75 Å². The van der Waals surface area contributed by atoms with Crippen molar-refractivity contribution < 1.29 is 20.1 Å². The molecular formula is C15H24N2O4. The number of amides is 1. The monoisotopic (exact) mass is 296 g/mol. The highest BCUT2D eigenvalue weighted by Crippen LogP contribution is 2.27. The Kier molecular flexibility index (Phi) is 7.14. The van der Waals surface area contributed by atoms with Crippen LogP contribution >= 0.6 is 0 Å². The Balaban J connectivity index is 2.83. The number of nitrogens with one attached hydrogen (secondary N) is 2. The van der Waals surface area contributed by atoms with E-state index in [9.17, 15) is 9.90 Å². The first kappa shape index (κ1) is 17.4. The second-order valence-corrected chi connectivity index (χ2v) is 5.02. The summed E-state index contributed by atoms with van der Waals surface area (Å²) in [5.41, 5.74) is 1.20. The summed E-state index contributed by atoms with van der Waals surface area (Å²) < 4.78 is 0. The van der Waals surface area contributed by atoms with Crippen molar-refractivity contribution in [3.63, 3.8) is 0 Å². The van der Waals surface area contributed by atoms with E-state index < -0.39 is 6.04 Å². The zero-order chi connectivity index (χ0) is 15.8. The molecule has 118 valence electrons. The Labute approximate surface area is 124 Å². The minimum atomic E-state index is -0.460. The molecular weight excluding hydrogens is 272 g/mol. The fourth-order valence-electron chi connectivity index (χ4n) is 2.04. The predicted molar refractivity (Wildman–Crippen MR) is 81.2 cm³/mol. The van der Waals surface area contributed by atoms with Crippen LogP contribution in [0.15, 0.2) is 18.2 Å². The van der Waals surface area contributed by atoms with Gasteiger partial charge >= 0.3 is 0 Å². The molecule has 0 heterocycles. The molecule has 5 N–H and O–H groups in total. The average molecular weight is 296 g/mol. The van der Waals surface area contributed by atoms with E-state index in [1.165, 1.54) is 6.07 Å². The van der Waals surface area contributed by atoms with E-state index in [-0.39, 0.29) is 30.9 Å². The van der Waals surface area contributed by atoms with Gasteiger partial charge in [0.1, 0.15) is 5.75 Å². The van der Waals surface area contributed by atoms with Crippen LogP contribution in [0, 0.1) is 0 Å². The number of aliphatic hydroxyl groups excluding tert-OH is 2. The lowest BCUT2D eigenvalue weighted by Crippen LogP contribution is -2.37. The Morgan fingerprint density at radius 1 is 1.29 bits per heavy atom. The zero-order valence-corrected chi connectivity index (χ0v) is 12.5. The summed E-state index contributed by atoms with van der Waals surface area (Å²) in [5.74, 6) is 0.0245. The molecule has 1 aromatic rings. The fourth-order valence-corrected chi connectivity index (χ4v) is 2.04. The molecule has 0 aliphatic rings. The van der Waals surface area contributed by atoms with Crippen LogP contribution in [-0.2, 0) is 4.79 Å². The Hall–Kier alpha value is -1.63. The molecule has 0 saturated heterocycles. The number of hydrogen-bond acceptors (Lipinski definition) is 5. The zero-order valence-electron chi connectivity index (χ0n) is 12.5. The summed E-state index contributed by atoms with van der Waals surface area (Å²) >= 11 is 0. The van der Waals surface area contributed by atoms with Gasteiger partial charge in [-0.15, -0.1) is 0 Å². The van der Waals surface area contributed by atoms with Crippen molar-refractivity contribution in [3.05, 3.63) is 23.8 Å². The number of carbonyl (C=O) groups excluding carboxylic acids is 1. The largest absolute Gasteiger partial charge is 0.508 e. The SMILES string of the molecule is CCCC(=O)Nc1ccc(O)c(C(C)NC(CO)CO)c1. The number of rotatable bonds is 8. The predicted octanol–water partition coefficient (Wildman–Crippen LogP) is 1.13. The molecule has 1 atom stereocenters. The highest BCUT2D eigenvalue weighted by Gasteiger charge is 2.15. The normalized spacial score (nSPS) is 12.4. The third kappa shape index (κ3) is 5.34. The summed E-state index contributed by atoms with van der Waals surface area (Å²) in [6, 6.07) is 4.10. The van der Waals surface area contributed by atoms with E-state index in [1.807, 2.05) is 13.8 Å². The van der Waals surface area contributed by atoms with Gasteiger partial charge in [0.25, 0.3) is 0 Å². The number of anilines is 1. The lowest BCUT2D eigenvalue weighted by Gasteiger charge is -2.21. The molecule has 1 unspecified atom stereocenters. The van der Waals surface area contributed by atoms with E-state index in [2.05, 4.69) is 10.6 Å². The van der Waals surface area contributed by atoms with E-state index in [0.29, 0.717) is 17.7 Å². The van der Waals surface area contributed by atoms with Crippen LogP contribution < -0.4 is 10.6 Å². The molecule has 0 spiro atoms. The summed E-state index contributed by atoms with van der Waals surface area (Å²) in [4.78, 5) is 11.6. The average Bonchev–Trinajstić information content (AvgIpc) is 2.46. The van der Waals surface area contributed by atoms with Gasteiger partial charge in [-0.25, -0.2) is 0 Å². The number of hydrogen-bond donors (Lipinski definition) is 5. The van der Waals surface area contributed by atoms with Crippen LogP contribution in [0.1, 0.15) is 38.3 Å². The Morgan fingerprint density at radius 2 is 1.95 bits per heavy atom. The minimum Gasteiger partial charge on any atom is -0.508 e. The molecule has 6 heteroatoms. The Bertz CT molecular complexity index is 461. The maximum absolute atomic E-state index is 11.6. The van der Waals surface area contributed by atoms with E-state index in [0.717, 1.165) is 6.42 Å². The lowest BCUT2D eigenvalue weighted by atomic mass is 10.1. The summed E-state index contributed by atoms with van der Waals surface area (Å²) in [6.07, 6.45) is 1.21. The van der Waals surface area contributed by atoms with E-state index in [1.54, 1.807) is 12.1 Å². The third-order valence-corrected chi connectivity index (χ3v) is 3.18. The summed E-state index contributed by atoms with van der Waals surface area (Å²) in [7, 11) is 0. The van der Waals surface area contributed by atoms with Gasteiger partial charge in [-0.3, -0.25) is 4.79 Å². The van der Waals surface area contributed by atoms with Gasteiger partial charge in [-0.1, -0.05) is 6.92 Å². The molecule has 0 saturated carbocycles. The van der Waals surface area contributed by atoms with Crippen LogP contribution in [0.4, 0.5) is 5.69 Å². The molecule has 1 aromatic carbocycles. The van der Waals surface area contributed by atoms with E-state index >= 15 is 0 Å². The highest BCUT2D eigenvalue weighted by atomic mass is 16.3. The first-order valence-electron chi connectivity index (χ1n) is 7.12. The molecule has 0 aliphatic heterocycles. The van der Waals surface area contributed by atoms with Crippen LogP contribution in [-0.4, -0.2) is 40.5 Å². The molecule has 0 radical (unpaired) electrons. The van der Waals surface area contributed by atoms with Gasteiger partial charge in [0, 0.05) is 23.7 Å². The quantitative estimate of drug-likeness (QED) is 0.463. The maximum Gasteiger partial charge on any atom is 0.224 e. The first-order chi connectivity index (χ1) is 10.0. The number of carbonyl (C=O) groups is 1. The number of phenolic OH excluding ortho intramolecular Hbond substituents is 1. The molecule has 1 amide bonds. The third-order valence-electron chi connectivity index (χ3n) is 3.18. The molecule has 6 nitrogen and oxygen atoms in total. The number of phenols is 1. The van der Waals surface area contributed by atoms with Gasteiger partial charge < -0.3 is 26.0 Å². The molecule has 1 rings (SSSR count). The number of aromatic hydroxyl groups is 1. The standard InChI is InChI=1S/C15H24N2O4/c1-3-4-15(21)17-11-5-6-14(20)13(7-11)10(2)16-12(8-18)9-19/h5-7,10,12,16,18-20H,3-4,8-9H2,1-2H3,(H,17,21). The molecule has 0 fully saturated rings. The van der Waals surface area contributed by atoms with Crippen molar-refractivity contribution >= 4 is 11.6 Å².